The Bertz CT molecular complexity index is 651. The van der Waals surface area contributed by atoms with Crippen LogP contribution in [-0.2, 0) is 19.2 Å². The number of nitrogens with one attached hydrogen (secondary N) is 2. The van der Waals surface area contributed by atoms with Gasteiger partial charge in [-0.25, -0.2) is 9.59 Å². The Morgan fingerprint density at radius 3 is 1.34 bits per heavy atom. The Labute approximate surface area is 238 Å². The highest BCUT2D eigenvalue weighted by atomic mass is 33.1. The van der Waals surface area contributed by atoms with Gasteiger partial charge in [-0.15, -0.1) is 0 Å². The van der Waals surface area contributed by atoms with Crippen molar-refractivity contribution in [3.63, 3.8) is 0 Å². The molecule has 0 bridgehead atoms. The summed E-state index contributed by atoms with van der Waals surface area (Å²) in [5.41, 5.74) is 0. The van der Waals surface area contributed by atoms with Gasteiger partial charge in [0.2, 0.25) is 11.8 Å². The second-order valence-electron chi connectivity index (χ2n) is 9.97. The summed E-state index contributed by atoms with van der Waals surface area (Å²) in [5.74, 6) is -1.71. The number of hydrogen-bond acceptors (Lipinski definition) is 6. The number of unbranched alkanes of at least 4 members (excludes halogenated alkanes) is 14. The van der Waals surface area contributed by atoms with Crippen molar-refractivity contribution >= 4 is 45.3 Å². The fourth-order valence-electron chi connectivity index (χ4n) is 4.13. The molecule has 38 heavy (non-hydrogen) atoms. The third kappa shape index (κ3) is 23.7. The van der Waals surface area contributed by atoms with E-state index in [1.165, 1.54) is 106 Å². The summed E-state index contributed by atoms with van der Waals surface area (Å²) in [6, 6.07) is -1.84. The lowest BCUT2D eigenvalue weighted by Gasteiger charge is -2.15. The van der Waals surface area contributed by atoms with Crippen molar-refractivity contribution in [2.45, 2.75) is 142 Å². The molecule has 0 aliphatic rings. The molecule has 0 heterocycles. The molecule has 0 aromatic heterocycles. The number of hydrogen-bond donors (Lipinski definition) is 4. The van der Waals surface area contributed by atoms with Crippen LogP contribution in [0.15, 0.2) is 0 Å². The lowest BCUT2D eigenvalue weighted by atomic mass is 10.0. The Hall–Kier alpha value is -1.42. The van der Waals surface area contributed by atoms with Crippen LogP contribution in [0.25, 0.3) is 0 Å². The molecule has 0 saturated carbocycles. The topological polar surface area (TPSA) is 133 Å². The van der Waals surface area contributed by atoms with E-state index in [0.29, 0.717) is 24.3 Å². The van der Waals surface area contributed by atoms with Gasteiger partial charge in [-0.05, 0) is 19.3 Å². The lowest BCUT2D eigenvalue weighted by molar-refractivity contribution is -0.142. The van der Waals surface area contributed by atoms with Crippen LogP contribution in [0.3, 0.4) is 0 Å². The third-order valence-electron chi connectivity index (χ3n) is 6.38. The van der Waals surface area contributed by atoms with E-state index in [4.69, 9.17) is 5.11 Å². The molecule has 0 aromatic carbocycles. The Morgan fingerprint density at radius 2 is 0.974 bits per heavy atom. The maximum absolute atomic E-state index is 12.2. The van der Waals surface area contributed by atoms with Crippen LogP contribution in [-0.4, -0.2) is 57.6 Å². The van der Waals surface area contributed by atoms with Gasteiger partial charge in [0.1, 0.15) is 12.1 Å². The first kappa shape index (κ1) is 36.6. The van der Waals surface area contributed by atoms with Gasteiger partial charge in [-0.2, -0.15) is 0 Å². The molecule has 4 N–H and O–H groups in total. The Morgan fingerprint density at radius 1 is 0.605 bits per heavy atom. The minimum absolute atomic E-state index is 0.218. The molecule has 10 heteroatoms. The minimum atomic E-state index is -1.08. The molecule has 0 aromatic rings. The Balaban J connectivity index is 3.73. The van der Waals surface area contributed by atoms with Gasteiger partial charge in [0, 0.05) is 24.9 Å². The van der Waals surface area contributed by atoms with Crippen LogP contribution in [0.5, 0.6) is 0 Å². The minimum Gasteiger partial charge on any atom is -0.480 e. The molecule has 0 aliphatic carbocycles. The zero-order chi connectivity index (χ0) is 28.4. The fourth-order valence-corrected chi connectivity index (χ4v) is 6.32. The second-order valence-corrected chi connectivity index (χ2v) is 12.7. The van der Waals surface area contributed by atoms with Crippen molar-refractivity contribution in [1.29, 1.82) is 0 Å². The van der Waals surface area contributed by atoms with Crippen molar-refractivity contribution < 1.29 is 29.4 Å². The molecule has 2 atom stereocenters. The van der Waals surface area contributed by atoms with Crippen molar-refractivity contribution in [2.75, 3.05) is 11.5 Å². The van der Waals surface area contributed by atoms with E-state index in [1.807, 2.05) is 0 Å². The zero-order valence-electron chi connectivity index (χ0n) is 23.6. The largest absolute Gasteiger partial charge is 0.480 e. The molecule has 0 spiro atoms. The standard InChI is InChI=1S/C28H52N2O6S2/c1-3-4-5-6-7-8-9-10-11-12-13-14-15-16-17-18-26(32)30-25(28(35)36)20-22-38-37-21-19-24(27(33)34)29-23(2)31/h24-25H,3-22H2,1-2H3,(H,29,31)(H,30,32)(H,33,34)(H,35,36). The van der Waals surface area contributed by atoms with Crippen molar-refractivity contribution in [3.05, 3.63) is 0 Å². The number of carboxylic acids is 2. The number of carbonyl (C=O) groups is 4. The molecule has 0 radical (unpaired) electrons. The average molecular weight is 577 g/mol. The van der Waals surface area contributed by atoms with E-state index in [1.54, 1.807) is 0 Å². The maximum atomic E-state index is 12.2. The highest BCUT2D eigenvalue weighted by Gasteiger charge is 2.20. The van der Waals surface area contributed by atoms with Crippen LogP contribution in [0, 0.1) is 0 Å². The average Bonchev–Trinajstić information content (AvgIpc) is 2.86. The van der Waals surface area contributed by atoms with Crippen molar-refractivity contribution in [1.82, 2.24) is 10.6 Å². The van der Waals surface area contributed by atoms with E-state index >= 15 is 0 Å². The molecular weight excluding hydrogens is 524 g/mol. The van der Waals surface area contributed by atoms with E-state index in [2.05, 4.69) is 17.6 Å². The van der Waals surface area contributed by atoms with E-state index in [0.717, 1.165) is 19.3 Å². The smallest absolute Gasteiger partial charge is 0.326 e. The van der Waals surface area contributed by atoms with Crippen LogP contribution in [0.2, 0.25) is 0 Å². The molecular formula is C28H52N2O6S2. The van der Waals surface area contributed by atoms with Gasteiger partial charge in [0.25, 0.3) is 0 Å². The number of carboxylic acid groups (broad SMARTS) is 2. The number of carbonyl (C=O) groups excluding carboxylic acids is 2. The quantitative estimate of drug-likeness (QED) is 0.0638. The van der Waals surface area contributed by atoms with E-state index in [9.17, 15) is 24.3 Å². The molecule has 2 unspecified atom stereocenters. The summed E-state index contributed by atoms with van der Waals surface area (Å²) in [5, 5.41) is 23.5. The van der Waals surface area contributed by atoms with Crippen molar-refractivity contribution in [3.8, 4) is 0 Å². The fraction of sp³-hybridized carbons (Fsp3) is 0.857. The first-order valence-corrected chi connectivity index (χ1v) is 17.0. The molecule has 0 aliphatic heterocycles. The third-order valence-corrected chi connectivity index (χ3v) is 8.85. The Kier molecular flexibility index (Phi) is 24.9. The monoisotopic (exact) mass is 576 g/mol. The summed E-state index contributed by atoms with van der Waals surface area (Å²) < 4.78 is 0. The predicted molar refractivity (Wildman–Crippen MR) is 159 cm³/mol. The van der Waals surface area contributed by atoms with Gasteiger partial charge < -0.3 is 20.8 Å². The predicted octanol–water partition coefficient (Wildman–Crippen LogP) is 6.57. The molecule has 222 valence electrons. The van der Waals surface area contributed by atoms with E-state index < -0.39 is 24.0 Å². The van der Waals surface area contributed by atoms with Crippen LogP contribution in [0.1, 0.15) is 129 Å². The van der Waals surface area contributed by atoms with Gasteiger partial charge >= 0.3 is 11.9 Å². The number of aliphatic carboxylic acids is 2. The normalized spacial score (nSPS) is 12.6. The maximum Gasteiger partial charge on any atom is 0.326 e. The van der Waals surface area contributed by atoms with E-state index in [-0.39, 0.29) is 18.2 Å². The first-order chi connectivity index (χ1) is 18.3. The van der Waals surface area contributed by atoms with Gasteiger partial charge in [-0.1, -0.05) is 118 Å². The molecule has 2 amide bonds. The molecule has 0 fully saturated rings. The second kappa shape index (κ2) is 25.8. The number of rotatable bonds is 27. The van der Waals surface area contributed by atoms with Crippen LogP contribution in [0.4, 0.5) is 0 Å². The lowest BCUT2D eigenvalue weighted by Crippen LogP contribution is -2.41. The van der Waals surface area contributed by atoms with Gasteiger partial charge in [0.15, 0.2) is 0 Å². The number of amides is 2. The summed E-state index contributed by atoms with van der Waals surface area (Å²) >= 11 is 0. The van der Waals surface area contributed by atoms with Crippen molar-refractivity contribution in [2.24, 2.45) is 0 Å². The summed E-state index contributed by atoms with van der Waals surface area (Å²) in [7, 11) is 2.86. The summed E-state index contributed by atoms with van der Waals surface area (Å²) in [6.07, 6.45) is 19.8. The highest BCUT2D eigenvalue weighted by Crippen LogP contribution is 2.24. The summed E-state index contributed by atoms with van der Waals surface area (Å²) in [4.78, 5) is 45.8. The summed E-state index contributed by atoms with van der Waals surface area (Å²) in [6.45, 7) is 3.53. The van der Waals surface area contributed by atoms with Gasteiger partial charge in [-0.3, -0.25) is 9.59 Å². The highest BCUT2D eigenvalue weighted by molar-refractivity contribution is 8.76. The molecule has 0 rings (SSSR count). The molecule has 8 nitrogen and oxygen atoms in total. The molecule has 0 saturated heterocycles. The zero-order valence-corrected chi connectivity index (χ0v) is 25.3. The van der Waals surface area contributed by atoms with Gasteiger partial charge in [0.05, 0.1) is 0 Å². The SMILES string of the molecule is CCCCCCCCCCCCCCCCCC(=O)NC(CCSSCCC(NC(C)=O)C(=O)O)C(=O)O. The van der Waals surface area contributed by atoms with Crippen LogP contribution < -0.4 is 10.6 Å². The van der Waals surface area contributed by atoms with Crippen LogP contribution >= 0.6 is 21.6 Å². The first-order valence-electron chi connectivity index (χ1n) is 14.5.